The Balaban J connectivity index is 2.18. The Kier molecular flexibility index (Phi) is 4.57. The van der Waals surface area contributed by atoms with Crippen LogP contribution in [-0.2, 0) is 0 Å². The van der Waals surface area contributed by atoms with Crippen molar-refractivity contribution in [3.63, 3.8) is 0 Å². The van der Waals surface area contributed by atoms with Gasteiger partial charge in [-0.25, -0.2) is 4.98 Å². The Morgan fingerprint density at radius 3 is 2.85 bits per heavy atom. The predicted octanol–water partition coefficient (Wildman–Crippen LogP) is 3.08. The van der Waals surface area contributed by atoms with Gasteiger partial charge in [0, 0.05) is 28.0 Å². The fourth-order valence-electron chi connectivity index (χ4n) is 1.64. The van der Waals surface area contributed by atoms with Crippen molar-refractivity contribution >= 4 is 33.3 Å². The number of pyridine rings is 1. The number of carbonyl (C=O) groups is 1. The second kappa shape index (κ2) is 6.38. The van der Waals surface area contributed by atoms with Crippen molar-refractivity contribution in [2.24, 2.45) is 0 Å². The Bertz CT molecular complexity index is 614. The quantitative estimate of drug-likeness (QED) is 0.841. The SMILES string of the molecule is CCOc1cc(N)cc(C(=O)Nc2ccc(Br)cn2)c1. The molecule has 1 aromatic carbocycles. The van der Waals surface area contributed by atoms with Crippen molar-refractivity contribution in [3.8, 4) is 5.75 Å². The lowest BCUT2D eigenvalue weighted by Crippen LogP contribution is -2.13. The third-order valence-corrected chi connectivity index (χ3v) is 2.94. The van der Waals surface area contributed by atoms with Gasteiger partial charge in [0.25, 0.3) is 5.91 Å². The molecule has 0 aliphatic heterocycles. The Morgan fingerprint density at radius 2 is 2.20 bits per heavy atom. The smallest absolute Gasteiger partial charge is 0.257 e. The van der Waals surface area contributed by atoms with E-state index in [0.717, 1.165) is 4.47 Å². The number of nitrogens with two attached hydrogens (primary N) is 1. The lowest BCUT2D eigenvalue weighted by atomic mass is 10.1. The Labute approximate surface area is 125 Å². The van der Waals surface area contributed by atoms with Crippen LogP contribution in [0, 0.1) is 0 Å². The summed E-state index contributed by atoms with van der Waals surface area (Å²) >= 11 is 3.28. The van der Waals surface area contributed by atoms with Crippen molar-refractivity contribution < 1.29 is 9.53 Å². The maximum atomic E-state index is 12.1. The van der Waals surface area contributed by atoms with Crippen LogP contribution < -0.4 is 15.8 Å². The van der Waals surface area contributed by atoms with Crippen LogP contribution in [0.5, 0.6) is 5.75 Å². The van der Waals surface area contributed by atoms with Crippen LogP contribution in [0.2, 0.25) is 0 Å². The van der Waals surface area contributed by atoms with E-state index in [1.165, 1.54) is 0 Å². The van der Waals surface area contributed by atoms with E-state index in [-0.39, 0.29) is 5.91 Å². The summed E-state index contributed by atoms with van der Waals surface area (Å²) in [4.78, 5) is 16.2. The summed E-state index contributed by atoms with van der Waals surface area (Å²) in [6, 6.07) is 8.42. The number of halogens is 1. The van der Waals surface area contributed by atoms with E-state index in [0.29, 0.717) is 29.4 Å². The summed E-state index contributed by atoms with van der Waals surface area (Å²) in [6.07, 6.45) is 1.61. The van der Waals surface area contributed by atoms with E-state index in [4.69, 9.17) is 10.5 Å². The maximum Gasteiger partial charge on any atom is 0.257 e. The van der Waals surface area contributed by atoms with Crippen LogP contribution in [0.1, 0.15) is 17.3 Å². The molecule has 0 spiro atoms. The molecule has 0 radical (unpaired) electrons. The van der Waals surface area contributed by atoms with Crippen molar-refractivity contribution in [1.29, 1.82) is 0 Å². The van der Waals surface area contributed by atoms with Gasteiger partial charge in [-0.2, -0.15) is 0 Å². The molecule has 2 rings (SSSR count). The molecule has 20 heavy (non-hydrogen) atoms. The lowest BCUT2D eigenvalue weighted by Gasteiger charge is -2.08. The van der Waals surface area contributed by atoms with Crippen molar-refractivity contribution in [2.75, 3.05) is 17.7 Å². The zero-order valence-corrected chi connectivity index (χ0v) is 12.5. The zero-order chi connectivity index (χ0) is 14.5. The number of hydrogen-bond acceptors (Lipinski definition) is 4. The van der Waals surface area contributed by atoms with Crippen LogP contribution in [-0.4, -0.2) is 17.5 Å². The number of nitrogens with zero attached hydrogens (tertiary/aromatic N) is 1. The number of ether oxygens (including phenoxy) is 1. The van der Waals surface area contributed by atoms with E-state index in [1.54, 1.807) is 36.5 Å². The fourth-order valence-corrected chi connectivity index (χ4v) is 1.88. The van der Waals surface area contributed by atoms with Crippen molar-refractivity contribution in [2.45, 2.75) is 6.92 Å². The highest BCUT2D eigenvalue weighted by Crippen LogP contribution is 2.20. The minimum atomic E-state index is -0.284. The minimum Gasteiger partial charge on any atom is -0.494 e. The zero-order valence-electron chi connectivity index (χ0n) is 10.9. The monoisotopic (exact) mass is 335 g/mol. The molecule has 0 saturated carbocycles. The van der Waals surface area contributed by atoms with Gasteiger partial charge in [0.15, 0.2) is 0 Å². The summed E-state index contributed by atoms with van der Waals surface area (Å²) in [5, 5.41) is 2.70. The Hall–Kier alpha value is -2.08. The molecule has 0 fully saturated rings. The summed E-state index contributed by atoms with van der Waals surface area (Å²) in [6.45, 7) is 2.38. The summed E-state index contributed by atoms with van der Waals surface area (Å²) in [5.41, 5.74) is 6.66. The molecule has 0 aliphatic rings. The normalized spacial score (nSPS) is 10.1. The van der Waals surface area contributed by atoms with Crippen LogP contribution in [0.15, 0.2) is 41.0 Å². The molecule has 0 unspecified atom stereocenters. The average Bonchev–Trinajstić information content (AvgIpc) is 2.41. The highest BCUT2D eigenvalue weighted by Gasteiger charge is 2.09. The van der Waals surface area contributed by atoms with Gasteiger partial charge in [0.05, 0.1) is 6.61 Å². The first-order chi connectivity index (χ1) is 9.58. The number of benzene rings is 1. The number of hydrogen-bond donors (Lipinski definition) is 2. The van der Waals surface area contributed by atoms with Gasteiger partial charge in [-0.15, -0.1) is 0 Å². The molecule has 104 valence electrons. The first-order valence-corrected chi connectivity index (χ1v) is 6.84. The second-order valence-electron chi connectivity index (χ2n) is 4.04. The number of carbonyl (C=O) groups excluding carboxylic acids is 1. The molecule has 0 atom stereocenters. The third-order valence-electron chi connectivity index (χ3n) is 2.47. The van der Waals surface area contributed by atoms with Gasteiger partial charge >= 0.3 is 0 Å². The number of nitrogens with one attached hydrogen (secondary N) is 1. The van der Waals surface area contributed by atoms with Gasteiger partial charge in [-0.1, -0.05) is 0 Å². The van der Waals surface area contributed by atoms with E-state index >= 15 is 0 Å². The molecule has 1 amide bonds. The largest absolute Gasteiger partial charge is 0.494 e. The number of amides is 1. The standard InChI is InChI=1S/C14H14BrN3O2/c1-2-20-12-6-9(5-11(16)7-12)14(19)18-13-4-3-10(15)8-17-13/h3-8H,2,16H2,1H3,(H,17,18,19). The summed E-state index contributed by atoms with van der Waals surface area (Å²) in [7, 11) is 0. The van der Waals surface area contributed by atoms with Crippen LogP contribution in [0.4, 0.5) is 11.5 Å². The highest BCUT2D eigenvalue weighted by molar-refractivity contribution is 9.10. The Morgan fingerprint density at radius 1 is 1.40 bits per heavy atom. The average molecular weight is 336 g/mol. The minimum absolute atomic E-state index is 0.284. The maximum absolute atomic E-state index is 12.1. The molecule has 5 nitrogen and oxygen atoms in total. The predicted molar refractivity (Wildman–Crippen MR) is 81.9 cm³/mol. The summed E-state index contributed by atoms with van der Waals surface area (Å²) in [5.74, 6) is 0.757. The van der Waals surface area contributed by atoms with Crippen LogP contribution >= 0.6 is 15.9 Å². The molecular weight excluding hydrogens is 322 g/mol. The van der Waals surface area contributed by atoms with Gasteiger partial charge < -0.3 is 15.8 Å². The lowest BCUT2D eigenvalue weighted by molar-refractivity contribution is 0.102. The molecule has 3 N–H and O–H groups in total. The van der Waals surface area contributed by atoms with Crippen LogP contribution in [0.25, 0.3) is 0 Å². The molecule has 0 bridgehead atoms. The molecule has 6 heteroatoms. The topological polar surface area (TPSA) is 77.2 Å². The molecule has 0 saturated heterocycles. The van der Waals surface area contributed by atoms with Crippen molar-refractivity contribution in [3.05, 3.63) is 46.6 Å². The van der Waals surface area contributed by atoms with Crippen molar-refractivity contribution in [1.82, 2.24) is 4.98 Å². The summed E-state index contributed by atoms with van der Waals surface area (Å²) < 4.78 is 6.21. The van der Waals surface area contributed by atoms with Crippen LogP contribution in [0.3, 0.4) is 0 Å². The number of rotatable bonds is 4. The van der Waals surface area contributed by atoms with E-state index < -0.39 is 0 Å². The van der Waals surface area contributed by atoms with E-state index in [9.17, 15) is 4.79 Å². The fraction of sp³-hybridized carbons (Fsp3) is 0.143. The highest BCUT2D eigenvalue weighted by atomic mass is 79.9. The molecular formula is C14H14BrN3O2. The van der Waals surface area contributed by atoms with E-state index in [1.807, 2.05) is 6.92 Å². The second-order valence-corrected chi connectivity index (χ2v) is 4.96. The van der Waals surface area contributed by atoms with Gasteiger partial charge in [-0.05, 0) is 47.1 Å². The number of nitrogen functional groups attached to an aromatic ring is 1. The number of aromatic nitrogens is 1. The van der Waals surface area contributed by atoms with Gasteiger partial charge in [-0.3, -0.25) is 4.79 Å². The third kappa shape index (κ3) is 3.71. The first-order valence-electron chi connectivity index (χ1n) is 6.04. The van der Waals surface area contributed by atoms with Gasteiger partial charge in [0.1, 0.15) is 11.6 Å². The molecule has 2 aromatic rings. The van der Waals surface area contributed by atoms with E-state index in [2.05, 4.69) is 26.2 Å². The van der Waals surface area contributed by atoms with Gasteiger partial charge in [0.2, 0.25) is 0 Å². The number of anilines is 2. The molecule has 0 aliphatic carbocycles. The molecule has 1 aromatic heterocycles. The molecule has 1 heterocycles. The first kappa shape index (κ1) is 14.3.